The predicted molar refractivity (Wildman–Crippen MR) is 120 cm³/mol. The molecule has 0 atom stereocenters. The van der Waals surface area contributed by atoms with Gasteiger partial charge < -0.3 is 10.2 Å². The van der Waals surface area contributed by atoms with Crippen molar-refractivity contribution < 1.29 is 10.2 Å². The minimum Gasteiger partial charge on any atom is -0.392 e. The first kappa shape index (κ1) is 19.5. The summed E-state index contributed by atoms with van der Waals surface area (Å²) >= 11 is 0. The maximum absolute atomic E-state index is 10.1. The van der Waals surface area contributed by atoms with Crippen LogP contribution in [0.1, 0.15) is 11.1 Å². The van der Waals surface area contributed by atoms with Gasteiger partial charge in [0.25, 0.3) is 0 Å². The van der Waals surface area contributed by atoms with Crippen LogP contribution in [0.3, 0.4) is 0 Å². The van der Waals surface area contributed by atoms with Gasteiger partial charge in [0, 0.05) is 0 Å². The van der Waals surface area contributed by atoms with Gasteiger partial charge in [-0.25, -0.2) is 0 Å². The van der Waals surface area contributed by atoms with E-state index in [1.54, 1.807) is 0 Å². The lowest BCUT2D eigenvalue weighted by molar-refractivity contribution is 0.280. The van der Waals surface area contributed by atoms with Gasteiger partial charge in [0.2, 0.25) is 0 Å². The molecule has 0 aliphatic carbocycles. The van der Waals surface area contributed by atoms with Crippen LogP contribution in [0.4, 0.5) is 0 Å². The summed E-state index contributed by atoms with van der Waals surface area (Å²) in [6, 6.07) is 16.1. The van der Waals surface area contributed by atoms with Crippen molar-refractivity contribution in [2.45, 2.75) is 13.2 Å². The highest BCUT2D eigenvalue weighted by molar-refractivity contribution is 6.43. The molecule has 12 radical (unpaired) electrons. The number of aliphatic hydroxyl groups is 2. The summed E-state index contributed by atoms with van der Waals surface area (Å²) in [5.74, 6) is 0. The normalized spacial score (nSPS) is 11.5. The van der Waals surface area contributed by atoms with Crippen molar-refractivity contribution >= 4 is 83.3 Å². The molecule has 0 saturated heterocycles. The average Bonchev–Trinajstić information content (AvgIpc) is 2.69. The second-order valence-corrected chi connectivity index (χ2v) is 8.99. The third-order valence-electron chi connectivity index (χ3n) is 5.03. The van der Waals surface area contributed by atoms with E-state index in [9.17, 15) is 10.2 Å². The topological polar surface area (TPSA) is 40.5 Å². The summed E-state index contributed by atoms with van der Waals surface area (Å²) < 4.78 is 0. The lowest BCUT2D eigenvalue weighted by Gasteiger charge is -2.20. The zero-order chi connectivity index (χ0) is 20.0. The first-order chi connectivity index (χ1) is 13.4. The van der Waals surface area contributed by atoms with E-state index in [0.717, 1.165) is 64.5 Å². The molecule has 0 aliphatic heterocycles. The molecular formula is C22H14O2Si4. The third-order valence-corrected chi connectivity index (χ3v) is 6.48. The Labute approximate surface area is 177 Å². The molecule has 2 N–H and O–H groups in total. The molecule has 0 bridgehead atoms. The lowest BCUT2D eigenvalue weighted by Crippen LogP contribution is -2.14. The zero-order valence-corrected chi connectivity index (χ0v) is 18.9. The fourth-order valence-electron chi connectivity index (χ4n) is 3.80. The summed E-state index contributed by atoms with van der Waals surface area (Å²) in [4.78, 5) is 0. The molecule has 0 amide bonds. The molecule has 0 fully saturated rings. The van der Waals surface area contributed by atoms with Crippen molar-refractivity contribution in [2.24, 2.45) is 0 Å². The maximum atomic E-state index is 10.1. The molecule has 4 rings (SSSR count). The Morgan fingerprint density at radius 3 is 1.29 bits per heavy atom. The monoisotopic (exact) mass is 422 g/mol. The first-order valence-corrected chi connectivity index (χ1v) is 10.7. The van der Waals surface area contributed by atoms with E-state index in [2.05, 4.69) is 53.1 Å². The number of rotatable bonds is 3. The Bertz CT molecular complexity index is 1140. The van der Waals surface area contributed by atoms with E-state index in [1.807, 2.05) is 36.4 Å². The second kappa shape index (κ2) is 7.55. The smallest absolute Gasteiger partial charge is 0.0720 e. The van der Waals surface area contributed by atoms with Crippen LogP contribution in [0, 0.1) is 0 Å². The average molecular weight is 423 g/mol. The Hall–Kier alpha value is -1.81. The van der Waals surface area contributed by atoms with Gasteiger partial charge in [-0.3, -0.25) is 0 Å². The Kier molecular flexibility index (Phi) is 5.26. The molecule has 0 heterocycles. The van der Waals surface area contributed by atoms with Gasteiger partial charge in [-0.1, -0.05) is 69.3 Å². The SMILES string of the molecule is OCc1cc([Si])c2cc([Si])ccc2c1-c1c(CO)cc([Si])c2cc([Si])ccc12. The number of aliphatic hydroxyl groups excluding tert-OH is 2. The highest BCUT2D eigenvalue weighted by atomic mass is 28.2. The van der Waals surface area contributed by atoms with Gasteiger partial charge in [0.05, 0.1) is 54.2 Å². The summed E-state index contributed by atoms with van der Waals surface area (Å²) in [6.45, 7) is -0.201. The van der Waals surface area contributed by atoms with Crippen LogP contribution in [0.25, 0.3) is 32.7 Å². The third kappa shape index (κ3) is 3.16. The van der Waals surface area contributed by atoms with Gasteiger partial charge in [-0.2, -0.15) is 0 Å². The largest absolute Gasteiger partial charge is 0.392 e. The first-order valence-electron chi connectivity index (χ1n) is 8.72. The zero-order valence-electron chi connectivity index (χ0n) is 14.9. The van der Waals surface area contributed by atoms with Crippen LogP contribution in [0.15, 0.2) is 48.5 Å². The van der Waals surface area contributed by atoms with Crippen molar-refractivity contribution in [1.29, 1.82) is 0 Å². The Morgan fingerprint density at radius 1 is 0.536 bits per heavy atom. The highest BCUT2D eigenvalue weighted by Gasteiger charge is 2.18. The molecular weight excluding hydrogens is 409 g/mol. The lowest BCUT2D eigenvalue weighted by atomic mass is 9.87. The van der Waals surface area contributed by atoms with E-state index in [-0.39, 0.29) is 13.2 Å². The van der Waals surface area contributed by atoms with E-state index in [0.29, 0.717) is 0 Å². The van der Waals surface area contributed by atoms with Gasteiger partial charge in [0.15, 0.2) is 0 Å². The summed E-state index contributed by atoms with van der Waals surface area (Å²) in [6.07, 6.45) is 0. The summed E-state index contributed by atoms with van der Waals surface area (Å²) in [5, 5.41) is 28.2. The summed E-state index contributed by atoms with van der Waals surface area (Å²) in [5.41, 5.74) is 3.49. The Morgan fingerprint density at radius 2 is 0.929 bits per heavy atom. The molecule has 130 valence electrons. The quantitative estimate of drug-likeness (QED) is 0.450. The number of fused-ring (bicyclic) bond motifs is 2. The minimum atomic E-state index is -0.101. The second-order valence-electron chi connectivity index (χ2n) is 6.75. The molecule has 6 heteroatoms. The predicted octanol–water partition coefficient (Wildman–Crippen LogP) is -0.180. The van der Waals surface area contributed by atoms with E-state index < -0.39 is 0 Å². The van der Waals surface area contributed by atoms with Gasteiger partial charge >= 0.3 is 0 Å². The van der Waals surface area contributed by atoms with Crippen LogP contribution < -0.4 is 20.7 Å². The van der Waals surface area contributed by atoms with Crippen LogP contribution in [0.2, 0.25) is 0 Å². The van der Waals surface area contributed by atoms with Crippen molar-refractivity contribution in [2.75, 3.05) is 0 Å². The molecule has 0 aliphatic rings. The van der Waals surface area contributed by atoms with Crippen LogP contribution in [0.5, 0.6) is 0 Å². The maximum Gasteiger partial charge on any atom is 0.0720 e. The molecule has 0 saturated carbocycles. The van der Waals surface area contributed by atoms with Crippen LogP contribution >= 0.6 is 0 Å². The van der Waals surface area contributed by atoms with E-state index >= 15 is 0 Å². The molecule has 4 aromatic rings. The number of hydrogen-bond acceptors (Lipinski definition) is 2. The van der Waals surface area contributed by atoms with Crippen LogP contribution in [-0.4, -0.2) is 51.2 Å². The van der Waals surface area contributed by atoms with Crippen molar-refractivity contribution in [3.8, 4) is 11.1 Å². The van der Waals surface area contributed by atoms with Crippen molar-refractivity contribution in [1.82, 2.24) is 0 Å². The fourth-order valence-corrected chi connectivity index (χ4v) is 5.02. The molecule has 0 spiro atoms. The molecule has 0 unspecified atom stereocenters. The fraction of sp³-hybridized carbons (Fsp3) is 0.0909. The molecule has 4 aromatic carbocycles. The number of hydrogen-bond donors (Lipinski definition) is 2. The van der Waals surface area contributed by atoms with E-state index in [4.69, 9.17) is 0 Å². The minimum absolute atomic E-state index is 0.101. The van der Waals surface area contributed by atoms with Crippen molar-refractivity contribution in [3.63, 3.8) is 0 Å². The van der Waals surface area contributed by atoms with Crippen LogP contribution in [-0.2, 0) is 13.2 Å². The standard InChI is InChI=1S/C22H14O2Si4/c23-9-11-5-19(27)17-7-13(25)1-3-15(17)21(11)22-12(10-24)6-20(28)18-8-14(26)2-4-16(18)22/h1-8,23-24H,9-10H2. The summed E-state index contributed by atoms with van der Waals surface area (Å²) in [7, 11) is 14.6. The van der Waals surface area contributed by atoms with Gasteiger partial charge in [-0.05, 0) is 43.8 Å². The Balaban J connectivity index is 2.24. The van der Waals surface area contributed by atoms with Gasteiger partial charge in [-0.15, -0.1) is 0 Å². The molecule has 2 nitrogen and oxygen atoms in total. The van der Waals surface area contributed by atoms with Crippen molar-refractivity contribution in [3.05, 3.63) is 59.7 Å². The highest BCUT2D eigenvalue weighted by Crippen LogP contribution is 2.37. The molecule has 0 aromatic heterocycles. The van der Waals surface area contributed by atoms with Gasteiger partial charge in [0.1, 0.15) is 0 Å². The molecule has 28 heavy (non-hydrogen) atoms. The van der Waals surface area contributed by atoms with E-state index in [1.165, 1.54) is 0 Å². The number of benzene rings is 4.